The van der Waals surface area contributed by atoms with E-state index in [4.69, 9.17) is 9.97 Å². The molecular formula is C37H32BrN5O. The Labute approximate surface area is 265 Å². The maximum absolute atomic E-state index is 13.1. The van der Waals surface area contributed by atoms with Gasteiger partial charge >= 0.3 is 0 Å². The molecule has 0 aliphatic rings. The van der Waals surface area contributed by atoms with Crippen LogP contribution in [0.2, 0.25) is 0 Å². The predicted molar refractivity (Wildman–Crippen MR) is 184 cm³/mol. The van der Waals surface area contributed by atoms with Crippen LogP contribution >= 0.6 is 15.9 Å². The Kier molecular flexibility index (Phi) is 8.50. The number of amides is 1. The van der Waals surface area contributed by atoms with Gasteiger partial charge in [-0.15, -0.1) is 0 Å². The average molecular weight is 643 g/mol. The van der Waals surface area contributed by atoms with Gasteiger partial charge < -0.3 is 15.5 Å². The van der Waals surface area contributed by atoms with E-state index in [1.165, 1.54) is 0 Å². The van der Waals surface area contributed by atoms with Gasteiger partial charge in [0.15, 0.2) is 0 Å². The topological polar surface area (TPSA) is 70.2 Å². The molecule has 1 aromatic heterocycles. The fourth-order valence-electron chi connectivity index (χ4n) is 5.24. The SMILES string of the molecule is Cc1ccc(CN(C)C)cc1NC(=O)c1ccc(Nc2nc(-c3ccccc3-c3ccccc3Br)c3ccccc3n2)cc1. The van der Waals surface area contributed by atoms with Crippen LogP contribution in [0.3, 0.4) is 0 Å². The number of carbonyl (C=O) groups is 1. The normalized spacial score (nSPS) is 11.1. The van der Waals surface area contributed by atoms with Crippen LogP contribution in [0, 0.1) is 6.92 Å². The minimum Gasteiger partial charge on any atom is -0.324 e. The second kappa shape index (κ2) is 12.8. The van der Waals surface area contributed by atoms with Gasteiger partial charge in [0.2, 0.25) is 5.95 Å². The van der Waals surface area contributed by atoms with Crippen molar-refractivity contribution >= 4 is 50.1 Å². The molecule has 6 aromatic rings. The Bertz CT molecular complexity index is 1970. The van der Waals surface area contributed by atoms with Crippen LogP contribution in [-0.4, -0.2) is 34.9 Å². The molecule has 0 bridgehead atoms. The van der Waals surface area contributed by atoms with Gasteiger partial charge in [0.25, 0.3) is 5.91 Å². The molecule has 218 valence electrons. The molecule has 0 aliphatic heterocycles. The lowest BCUT2D eigenvalue weighted by atomic mass is 9.96. The Balaban J connectivity index is 1.28. The van der Waals surface area contributed by atoms with Crippen molar-refractivity contribution in [2.24, 2.45) is 0 Å². The summed E-state index contributed by atoms with van der Waals surface area (Å²) in [5.74, 6) is 0.320. The number of aromatic nitrogens is 2. The first-order valence-electron chi connectivity index (χ1n) is 14.4. The van der Waals surface area contributed by atoms with E-state index >= 15 is 0 Å². The number of halogens is 1. The van der Waals surface area contributed by atoms with Gasteiger partial charge in [-0.25, -0.2) is 9.97 Å². The van der Waals surface area contributed by atoms with E-state index in [1.54, 1.807) is 12.1 Å². The highest BCUT2D eigenvalue weighted by molar-refractivity contribution is 9.10. The summed E-state index contributed by atoms with van der Waals surface area (Å²) in [6.07, 6.45) is 0. The molecule has 5 aromatic carbocycles. The van der Waals surface area contributed by atoms with E-state index in [1.807, 2.05) is 93.8 Å². The number of aryl methyl sites for hydroxylation is 1. The molecule has 7 heteroatoms. The monoisotopic (exact) mass is 641 g/mol. The number of anilines is 3. The molecule has 0 unspecified atom stereocenters. The molecule has 0 radical (unpaired) electrons. The average Bonchev–Trinajstić information content (AvgIpc) is 3.02. The van der Waals surface area contributed by atoms with Gasteiger partial charge in [-0.1, -0.05) is 88.7 Å². The zero-order valence-corrected chi connectivity index (χ0v) is 26.4. The molecule has 6 rings (SSSR count). The third-order valence-corrected chi connectivity index (χ3v) is 8.09. The van der Waals surface area contributed by atoms with Crippen molar-refractivity contribution in [3.8, 4) is 22.4 Å². The van der Waals surface area contributed by atoms with Crippen LogP contribution in [0.4, 0.5) is 17.3 Å². The van der Waals surface area contributed by atoms with Crippen molar-refractivity contribution in [3.63, 3.8) is 0 Å². The molecule has 6 nitrogen and oxygen atoms in total. The van der Waals surface area contributed by atoms with E-state index in [2.05, 4.69) is 61.8 Å². The number of nitrogens with zero attached hydrogens (tertiary/aromatic N) is 3. The van der Waals surface area contributed by atoms with Crippen molar-refractivity contribution in [1.82, 2.24) is 14.9 Å². The zero-order chi connectivity index (χ0) is 30.6. The molecule has 0 spiro atoms. The first-order valence-corrected chi connectivity index (χ1v) is 15.2. The molecule has 2 N–H and O–H groups in total. The molecule has 1 heterocycles. The first-order chi connectivity index (χ1) is 21.4. The van der Waals surface area contributed by atoms with Crippen LogP contribution in [0.5, 0.6) is 0 Å². The van der Waals surface area contributed by atoms with Crippen LogP contribution in [0.25, 0.3) is 33.3 Å². The second-order valence-corrected chi connectivity index (χ2v) is 11.8. The van der Waals surface area contributed by atoms with Crippen LogP contribution in [-0.2, 0) is 6.54 Å². The lowest BCUT2D eigenvalue weighted by Gasteiger charge is -2.15. The number of carbonyl (C=O) groups excluding carboxylic acids is 1. The summed E-state index contributed by atoms with van der Waals surface area (Å²) in [6, 6.07) is 38.0. The zero-order valence-electron chi connectivity index (χ0n) is 24.8. The Morgan fingerprint density at radius 1 is 0.773 bits per heavy atom. The summed E-state index contributed by atoms with van der Waals surface area (Å²) in [6.45, 7) is 2.80. The third kappa shape index (κ3) is 6.39. The molecule has 0 fully saturated rings. The number of fused-ring (bicyclic) bond motifs is 1. The van der Waals surface area contributed by atoms with Gasteiger partial charge in [-0.2, -0.15) is 0 Å². The van der Waals surface area contributed by atoms with Gasteiger partial charge in [0.05, 0.1) is 11.2 Å². The van der Waals surface area contributed by atoms with Crippen molar-refractivity contribution in [3.05, 3.63) is 136 Å². The number of rotatable bonds is 8. The molecule has 0 atom stereocenters. The van der Waals surface area contributed by atoms with E-state index in [9.17, 15) is 4.79 Å². The van der Waals surface area contributed by atoms with Gasteiger partial charge in [-0.05, 0) is 85.7 Å². The van der Waals surface area contributed by atoms with Crippen molar-refractivity contribution < 1.29 is 4.79 Å². The maximum Gasteiger partial charge on any atom is 0.255 e. The quantitative estimate of drug-likeness (QED) is 0.173. The molecule has 44 heavy (non-hydrogen) atoms. The molecular weight excluding hydrogens is 610 g/mol. The van der Waals surface area contributed by atoms with Crippen LogP contribution in [0.1, 0.15) is 21.5 Å². The maximum atomic E-state index is 13.1. The largest absolute Gasteiger partial charge is 0.324 e. The number of hydrogen-bond acceptors (Lipinski definition) is 5. The molecule has 0 saturated carbocycles. The molecule has 0 aliphatic carbocycles. The van der Waals surface area contributed by atoms with Crippen LogP contribution < -0.4 is 10.6 Å². The number of nitrogens with one attached hydrogen (secondary N) is 2. The smallest absolute Gasteiger partial charge is 0.255 e. The summed E-state index contributed by atoms with van der Waals surface area (Å²) in [7, 11) is 4.06. The highest BCUT2D eigenvalue weighted by Crippen LogP contribution is 2.38. The fraction of sp³-hybridized carbons (Fsp3) is 0.108. The number of para-hydroxylation sites is 1. The Morgan fingerprint density at radius 2 is 1.45 bits per heavy atom. The Morgan fingerprint density at radius 3 is 2.20 bits per heavy atom. The minimum atomic E-state index is -0.158. The molecule has 0 saturated heterocycles. The second-order valence-electron chi connectivity index (χ2n) is 11.0. The Hall–Kier alpha value is -4.85. The predicted octanol–water partition coefficient (Wildman–Crippen LogP) is 9.09. The summed E-state index contributed by atoms with van der Waals surface area (Å²) in [4.78, 5) is 25.1. The lowest BCUT2D eigenvalue weighted by molar-refractivity contribution is 0.102. The summed E-state index contributed by atoms with van der Waals surface area (Å²) >= 11 is 3.72. The molecule has 1 amide bonds. The van der Waals surface area contributed by atoms with Gasteiger partial charge in [-0.3, -0.25) is 4.79 Å². The standard InChI is InChI=1S/C37H32BrN5O/c1-24-16-17-25(23-43(2)3)22-34(24)40-36(44)26-18-20-27(21-19-26)39-37-41-33-15-9-7-13-31(33)35(42-37)30-12-5-4-10-28(30)29-11-6-8-14-32(29)38/h4-22H,23H2,1-3H3,(H,40,44)(H,39,41,42). The van der Waals surface area contributed by atoms with Crippen molar-refractivity contribution in [1.29, 1.82) is 0 Å². The van der Waals surface area contributed by atoms with E-state index in [0.29, 0.717) is 11.5 Å². The lowest BCUT2D eigenvalue weighted by Crippen LogP contribution is -2.14. The van der Waals surface area contributed by atoms with E-state index in [0.717, 1.165) is 66.8 Å². The van der Waals surface area contributed by atoms with Crippen molar-refractivity contribution in [2.75, 3.05) is 24.7 Å². The highest BCUT2D eigenvalue weighted by atomic mass is 79.9. The van der Waals surface area contributed by atoms with Crippen LogP contribution in [0.15, 0.2) is 120 Å². The first kappa shape index (κ1) is 29.2. The van der Waals surface area contributed by atoms with E-state index < -0.39 is 0 Å². The number of hydrogen-bond donors (Lipinski definition) is 2. The van der Waals surface area contributed by atoms with Gasteiger partial charge in [0, 0.05) is 38.9 Å². The minimum absolute atomic E-state index is 0.158. The number of benzene rings is 5. The summed E-state index contributed by atoms with van der Waals surface area (Å²) in [5.41, 5.74) is 9.18. The highest BCUT2D eigenvalue weighted by Gasteiger charge is 2.16. The van der Waals surface area contributed by atoms with Crippen molar-refractivity contribution in [2.45, 2.75) is 13.5 Å². The van der Waals surface area contributed by atoms with E-state index in [-0.39, 0.29) is 5.91 Å². The fourth-order valence-corrected chi connectivity index (χ4v) is 5.74. The third-order valence-electron chi connectivity index (χ3n) is 7.40. The summed E-state index contributed by atoms with van der Waals surface area (Å²) in [5, 5.41) is 7.40. The summed E-state index contributed by atoms with van der Waals surface area (Å²) < 4.78 is 1.02. The van der Waals surface area contributed by atoms with Gasteiger partial charge in [0.1, 0.15) is 0 Å².